The van der Waals surface area contributed by atoms with Crippen molar-refractivity contribution in [2.24, 2.45) is 7.05 Å². The van der Waals surface area contributed by atoms with E-state index in [1.807, 2.05) is 41.3 Å². The number of anilines is 1. The van der Waals surface area contributed by atoms with Crippen molar-refractivity contribution in [1.29, 1.82) is 0 Å². The van der Waals surface area contributed by atoms with E-state index in [1.165, 1.54) is 11.3 Å². The fourth-order valence-corrected chi connectivity index (χ4v) is 3.99. The largest absolute Gasteiger partial charge is 0.497 e. The van der Waals surface area contributed by atoms with E-state index in [9.17, 15) is 9.59 Å². The number of amides is 2. The molecule has 8 nitrogen and oxygen atoms in total. The number of benzene rings is 2. The maximum atomic E-state index is 12.3. The van der Waals surface area contributed by atoms with Crippen molar-refractivity contribution in [2.45, 2.75) is 6.42 Å². The standard InChI is InChI=1S/C24H24N4O4S/c1-28-20-10-5-16(26-23(29)15-32-18-8-6-17(31-2)7-9-18)14-19(20)27-22(28)11-12-25-24(30)21-4-3-13-33-21/h3-10,13-14H,11-12,15H2,1-2H3,(H,25,30)(H,26,29). The van der Waals surface area contributed by atoms with Crippen LogP contribution in [0.4, 0.5) is 5.69 Å². The second-order valence-corrected chi connectivity index (χ2v) is 8.23. The van der Waals surface area contributed by atoms with E-state index in [0.717, 1.165) is 22.6 Å². The number of nitrogens with zero attached hydrogens (tertiary/aromatic N) is 2. The highest BCUT2D eigenvalue weighted by atomic mass is 32.1. The van der Waals surface area contributed by atoms with Crippen LogP contribution in [-0.2, 0) is 18.3 Å². The predicted octanol–water partition coefficient (Wildman–Crippen LogP) is 3.63. The Labute approximate surface area is 195 Å². The lowest BCUT2D eigenvalue weighted by molar-refractivity contribution is -0.118. The van der Waals surface area contributed by atoms with Gasteiger partial charge in [-0.1, -0.05) is 6.07 Å². The van der Waals surface area contributed by atoms with Gasteiger partial charge in [-0.2, -0.15) is 0 Å². The van der Waals surface area contributed by atoms with Crippen molar-refractivity contribution in [1.82, 2.24) is 14.9 Å². The second kappa shape index (κ2) is 10.2. The lowest BCUT2D eigenvalue weighted by atomic mass is 10.2. The molecule has 2 aromatic carbocycles. The van der Waals surface area contributed by atoms with Crippen LogP contribution in [0.25, 0.3) is 11.0 Å². The fourth-order valence-electron chi connectivity index (χ4n) is 3.35. The van der Waals surface area contributed by atoms with Gasteiger partial charge in [0.05, 0.1) is 23.0 Å². The molecule has 0 saturated carbocycles. The highest BCUT2D eigenvalue weighted by Crippen LogP contribution is 2.21. The summed E-state index contributed by atoms with van der Waals surface area (Å²) in [5.41, 5.74) is 2.36. The van der Waals surface area contributed by atoms with Gasteiger partial charge in [0.15, 0.2) is 6.61 Å². The van der Waals surface area contributed by atoms with Crippen molar-refractivity contribution in [2.75, 3.05) is 25.6 Å². The van der Waals surface area contributed by atoms with Crippen LogP contribution in [0, 0.1) is 0 Å². The molecule has 0 aliphatic heterocycles. The summed E-state index contributed by atoms with van der Waals surface area (Å²) in [6.07, 6.45) is 0.597. The number of carbonyl (C=O) groups excluding carboxylic acids is 2. The number of carbonyl (C=O) groups is 2. The van der Waals surface area contributed by atoms with Gasteiger partial charge in [0, 0.05) is 25.7 Å². The number of thiophene rings is 1. The van der Waals surface area contributed by atoms with Crippen LogP contribution in [0.2, 0.25) is 0 Å². The SMILES string of the molecule is COc1ccc(OCC(=O)Nc2ccc3c(c2)nc(CCNC(=O)c2cccs2)n3C)cc1. The average molecular weight is 465 g/mol. The summed E-state index contributed by atoms with van der Waals surface area (Å²) in [5, 5.41) is 7.63. The van der Waals surface area contributed by atoms with E-state index in [4.69, 9.17) is 9.47 Å². The summed E-state index contributed by atoms with van der Waals surface area (Å²) >= 11 is 1.41. The van der Waals surface area contributed by atoms with Crippen LogP contribution in [-0.4, -0.2) is 41.6 Å². The third-order valence-corrected chi connectivity index (χ3v) is 5.93. The first-order valence-electron chi connectivity index (χ1n) is 10.4. The summed E-state index contributed by atoms with van der Waals surface area (Å²) in [6, 6.07) is 16.3. The van der Waals surface area contributed by atoms with Crippen LogP contribution in [0.3, 0.4) is 0 Å². The number of fused-ring (bicyclic) bond motifs is 1. The molecule has 0 aliphatic rings. The van der Waals surface area contributed by atoms with E-state index < -0.39 is 0 Å². The molecule has 2 N–H and O–H groups in total. The Bertz CT molecular complexity index is 1250. The third kappa shape index (κ3) is 5.50. The first-order valence-corrected chi connectivity index (χ1v) is 11.2. The zero-order valence-electron chi connectivity index (χ0n) is 18.3. The summed E-state index contributed by atoms with van der Waals surface area (Å²) in [7, 11) is 3.53. The van der Waals surface area contributed by atoms with Gasteiger partial charge in [0.2, 0.25) is 0 Å². The van der Waals surface area contributed by atoms with E-state index in [2.05, 4.69) is 15.6 Å². The molecule has 0 saturated heterocycles. The zero-order valence-corrected chi connectivity index (χ0v) is 19.1. The number of methoxy groups -OCH3 is 1. The maximum Gasteiger partial charge on any atom is 0.262 e. The number of ether oxygens (including phenoxy) is 2. The van der Waals surface area contributed by atoms with Gasteiger partial charge in [0.25, 0.3) is 11.8 Å². The smallest absolute Gasteiger partial charge is 0.262 e. The molecule has 0 unspecified atom stereocenters. The van der Waals surface area contributed by atoms with Crippen molar-refractivity contribution in [3.05, 3.63) is 70.7 Å². The monoisotopic (exact) mass is 464 g/mol. The molecular weight excluding hydrogens is 440 g/mol. The molecule has 9 heteroatoms. The Morgan fingerprint density at radius 1 is 1.09 bits per heavy atom. The van der Waals surface area contributed by atoms with Crippen molar-refractivity contribution < 1.29 is 19.1 Å². The minimum Gasteiger partial charge on any atom is -0.497 e. The van der Waals surface area contributed by atoms with Gasteiger partial charge in [-0.25, -0.2) is 4.98 Å². The molecule has 0 atom stereocenters. The highest BCUT2D eigenvalue weighted by Gasteiger charge is 2.11. The Kier molecular flexibility index (Phi) is 6.89. The molecule has 2 amide bonds. The van der Waals surface area contributed by atoms with Crippen LogP contribution < -0.4 is 20.1 Å². The van der Waals surface area contributed by atoms with Gasteiger partial charge in [-0.05, 0) is 53.9 Å². The molecule has 2 aromatic heterocycles. The normalized spacial score (nSPS) is 10.7. The van der Waals surface area contributed by atoms with Crippen LogP contribution in [0.5, 0.6) is 11.5 Å². The van der Waals surface area contributed by atoms with Crippen molar-refractivity contribution >= 4 is 39.9 Å². The fraction of sp³-hybridized carbons (Fsp3) is 0.208. The molecule has 0 spiro atoms. The number of aryl methyl sites for hydroxylation is 1. The molecule has 0 radical (unpaired) electrons. The molecule has 0 aliphatic carbocycles. The van der Waals surface area contributed by atoms with Crippen molar-refractivity contribution in [3.8, 4) is 11.5 Å². The molecule has 0 fully saturated rings. The summed E-state index contributed by atoms with van der Waals surface area (Å²) in [6.45, 7) is 0.377. The average Bonchev–Trinajstić information content (AvgIpc) is 3.47. The third-order valence-electron chi connectivity index (χ3n) is 5.07. The Balaban J connectivity index is 1.33. The Hall–Kier alpha value is -3.85. The molecule has 33 heavy (non-hydrogen) atoms. The number of rotatable bonds is 9. The first kappa shape index (κ1) is 22.3. The molecule has 170 valence electrons. The van der Waals surface area contributed by atoms with E-state index in [-0.39, 0.29) is 18.4 Å². The quantitative estimate of drug-likeness (QED) is 0.394. The van der Waals surface area contributed by atoms with Crippen LogP contribution >= 0.6 is 11.3 Å². The number of aromatic nitrogens is 2. The number of hydrogen-bond acceptors (Lipinski definition) is 6. The molecule has 0 bridgehead atoms. The summed E-state index contributed by atoms with van der Waals surface area (Å²) in [5.74, 6) is 1.81. The lowest BCUT2D eigenvalue weighted by Gasteiger charge is -2.08. The van der Waals surface area contributed by atoms with Gasteiger partial charge in [-0.15, -0.1) is 11.3 Å². The van der Waals surface area contributed by atoms with E-state index >= 15 is 0 Å². The molecular formula is C24H24N4O4S. The van der Waals surface area contributed by atoms with Crippen LogP contribution in [0.15, 0.2) is 60.0 Å². The first-order chi connectivity index (χ1) is 16.0. The topological polar surface area (TPSA) is 94.5 Å². The number of imidazole rings is 1. The van der Waals surface area contributed by atoms with Gasteiger partial charge in [0.1, 0.15) is 17.3 Å². The Morgan fingerprint density at radius 2 is 1.88 bits per heavy atom. The predicted molar refractivity (Wildman–Crippen MR) is 128 cm³/mol. The minimum atomic E-state index is -0.266. The maximum absolute atomic E-state index is 12.3. The number of hydrogen-bond donors (Lipinski definition) is 2. The summed E-state index contributed by atoms with van der Waals surface area (Å²) < 4.78 is 12.6. The second-order valence-electron chi connectivity index (χ2n) is 7.29. The number of nitrogens with one attached hydrogen (secondary N) is 2. The van der Waals surface area contributed by atoms with Gasteiger partial charge in [-0.3, -0.25) is 9.59 Å². The van der Waals surface area contributed by atoms with Crippen LogP contribution in [0.1, 0.15) is 15.5 Å². The minimum absolute atomic E-state index is 0.0781. The highest BCUT2D eigenvalue weighted by molar-refractivity contribution is 7.12. The Morgan fingerprint density at radius 3 is 2.61 bits per heavy atom. The van der Waals surface area contributed by atoms with E-state index in [1.54, 1.807) is 37.4 Å². The lowest BCUT2D eigenvalue weighted by Crippen LogP contribution is -2.25. The van der Waals surface area contributed by atoms with Gasteiger partial charge < -0.3 is 24.7 Å². The molecule has 2 heterocycles. The van der Waals surface area contributed by atoms with E-state index in [0.29, 0.717) is 29.3 Å². The van der Waals surface area contributed by atoms with Gasteiger partial charge >= 0.3 is 0 Å². The molecule has 4 aromatic rings. The molecule has 4 rings (SSSR count). The summed E-state index contributed by atoms with van der Waals surface area (Å²) in [4.78, 5) is 29.7. The van der Waals surface area contributed by atoms with Crippen molar-refractivity contribution in [3.63, 3.8) is 0 Å². The zero-order chi connectivity index (χ0) is 23.2.